The third-order valence-electron chi connectivity index (χ3n) is 4.37. The number of amides is 1. The van der Waals surface area contributed by atoms with Crippen LogP contribution in [-0.2, 0) is 13.5 Å². The largest absolute Gasteiger partial charge is 0.351 e. The van der Waals surface area contributed by atoms with Crippen LogP contribution in [0.2, 0.25) is 0 Å². The summed E-state index contributed by atoms with van der Waals surface area (Å²) in [5.74, 6) is 1.87. The first kappa shape index (κ1) is 14.5. The summed E-state index contributed by atoms with van der Waals surface area (Å²) in [5.41, 5.74) is 3.47. The van der Waals surface area contributed by atoms with Crippen molar-refractivity contribution in [2.75, 3.05) is 6.54 Å². The minimum atomic E-state index is 0.00920. The summed E-state index contributed by atoms with van der Waals surface area (Å²) in [7, 11) is 2.10. The lowest BCUT2D eigenvalue weighted by molar-refractivity contribution is 0.0958. The molecule has 1 amide bonds. The molecule has 2 aromatic heterocycles. The third-order valence-corrected chi connectivity index (χ3v) is 5.24. The lowest BCUT2D eigenvalue weighted by atomic mass is 10.1. The number of hydrogen-bond acceptors (Lipinski definition) is 3. The first-order valence-electron chi connectivity index (χ1n) is 7.99. The van der Waals surface area contributed by atoms with Crippen LogP contribution >= 0.6 is 11.3 Å². The molecule has 0 bridgehead atoms. The number of fused-ring (bicyclic) bond motifs is 1. The molecular formula is C18H19N3OS. The number of carbonyl (C=O) groups is 1. The van der Waals surface area contributed by atoms with Gasteiger partial charge < -0.3 is 9.88 Å². The van der Waals surface area contributed by atoms with Crippen LogP contribution in [0.3, 0.4) is 0 Å². The van der Waals surface area contributed by atoms with Gasteiger partial charge >= 0.3 is 0 Å². The van der Waals surface area contributed by atoms with E-state index in [0.29, 0.717) is 12.5 Å². The van der Waals surface area contributed by atoms with Gasteiger partial charge in [0.15, 0.2) is 0 Å². The Morgan fingerprint density at radius 2 is 2.26 bits per heavy atom. The molecule has 1 saturated carbocycles. The van der Waals surface area contributed by atoms with Gasteiger partial charge in [0.25, 0.3) is 5.91 Å². The van der Waals surface area contributed by atoms with E-state index in [1.165, 1.54) is 41.1 Å². The van der Waals surface area contributed by atoms with E-state index in [9.17, 15) is 4.79 Å². The molecule has 1 aromatic carbocycles. The number of nitrogens with zero attached hydrogens (tertiary/aromatic N) is 2. The van der Waals surface area contributed by atoms with Gasteiger partial charge in [-0.05, 0) is 48.4 Å². The molecule has 1 N–H and O–H groups in total. The van der Waals surface area contributed by atoms with Gasteiger partial charge in [-0.1, -0.05) is 12.1 Å². The number of benzene rings is 1. The normalized spacial score (nSPS) is 14.3. The fourth-order valence-electron chi connectivity index (χ4n) is 2.94. The van der Waals surface area contributed by atoms with Gasteiger partial charge in [-0.15, -0.1) is 11.3 Å². The van der Waals surface area contributed by atoms with Crippen molar-refractivity contribution in [3.63, 3.8) is 0 Å². The van der Waals surface area contributed by atoms with Crippen molar-refractivity contribution >= 4 is 28.3 Å². The maximum atomic E-state index is 11.9. The van der Waals surface area contributed by atoms with Crippen LogP contribution in [0.15, 0.2) is 35.7 Å². The number of carbonyl (C=O) groups excluding carboxylic acids is 1. The number of rotatable bonds is 5. The van der Waals surface area contributed by atoms with Crippen LogP contribution in [0.25, 0.3) is 11.0 Å². The number of thiophene rings is 1. The fourth-order valence-corrected chi connectivity index (χ4v) is 3.58. The molecule has 0 radical (unpaired) electrons. The van der Waals surface area contributed by atoms with Gasteiger partial charge in [0, 0.05) is 19.5 Å². The second-order valence-corrected chi connectivity index (χ2v) is 7.06. The van der Waals surface area contributed by atoms with Crippen molar-refractivity contribution < 1.29 is 4.79 Å². The maximum absolute atomic E-state index is 11.9. The number of hydrogen-bond donors (Lipinski definition) is 1. The highest BCUT2D eigenvalue weighted by Crippen LogP contribution is 2.40. The van der Waals surface area contributed by atoms with E-state index < -0.39 is 0 Å². The van der Waals surface area contributed by atoms with E-state index in [0.717, 1.165) is 16.8 Å². The summed E-state index contributed by atoms with van der Waals surface area (Å²) in [6, 6.07) is 10.2. The average Bonchev–Trinajstić information content (AvgIpc) is 3.13. The Bertz CT molecular complexity index is 847. The lowest BCUT2D eigenvalue weighted by Gasteiger charge is -2.04. The average molecular weight is 325 g/mol. The SMILES string of the molecule is Cn1c(C2CC2)nc2cc(CCNC(=O)c3cccs3)ccc21. The van der Waals surface area contributed by atoms with Crippen molar-refractivity contribution in [1.82, 2.24) is 14.9 Å². The van der Waals surface area contributed by atoms with Crippen LogP contribution in [0.1, 0.15) is 39.8 Å². The van der Waals surface area contributed by atoms with Crippen molar-refractivity contribution in [2.24, 2.45) is 7.05 Å². The molecule has 2 heterocycles. The van der Waals surface area contributed by atoms with Gasteiger partial charge in [0.2, 0.25) is 0 Å². The highest BCUT2D eigenvalue weighted by atomic mass is 32.1. The summed E-state index contributed by atoms with van der Waals surface area (Å²) in [6.07, 6.45) is 3.35. The maximum Gasteiger partial charge on any atom is 0.261 e. The topological polar surface area (TPSA) is 46.9 Å². The Hall–Kier alpha value is -2.14. The van der Waals surface area contributed by atoms with Crippen LogP contribution in [0.4, 0.5) is 0 Å². The summed E-state index contributed by atoms with van der Waals surface area (Å²) in [5, 5.41) is 4.89. The monoisotopic (exact) mass is 325 g/mol. The highest BCUT2D eigenvalue weighted by molar-refractivity contribution is 7.12. The Labute approximate surface area is 139 Å². The summed E-state index contributed by atoms with van der Waals surface area (Å²) in [6.45, 7) is 0.643. The van der Waals surface area contributed by atoms with E-state index in [4.69, 9.17) is 4.98 Å². The van der Waals surface area contributed by atoms with E-state index in [1.54, 1.807) is 0 Å². The van der Waals surface area contributed by atoms with Crippen molar-refractivity contribution in [3.05, 3.63) is 52.0 Å². The molecule has 118 valence electrons. The second kappa shape index (κ2) is 5.81. The molecule has 5 heteroatoms. The summed E-state index contributed by atoms with van der Waals surface area (Å²) in [4.78, 5) is 17.5. The van der Waals surface area contributed by atoms with E-state index in [1.807, 2.05) is 17.5 Å². The van der Waals surface area contributed by atoms with E-state index in [-0.39, 0.29) is 5.91 Å². The minimum absolute atomic E-state index is 0.00920. The molecular weight excluding hydrogens is 306 g/mol. The van der Waals surface area contributed by atoms with Crippen LogP contribution < -0.4 is 5.32 Å². The van der Waals surface area contributed by atoms with Crippen LogP contribution in [0.5, 0.6) is 0 Å². The number of aryl methyl sites for hydroxylation is 1. The molecule has 1 aliphatic carbocycles. The molecule has 0 unspecified atom stereocenters. The molecule has 0 saturated heterocycles. The fraction of sp³-hybridized carbons (Fsp3) is 0.333. The standard InChI is InChI=1S/C18H19N3OS/c1-21-15-7-4-12(11-14(15)20-17(21)13-5-6-13)8-9-19-18(22)16-3-2-10-23-16/h2-4,7,10-11,13H,5-6,8-9H2,1H3,(H,19,22). The Morgan fingerprint density at radius 3 is 3.00 bits per heavy atom. The smallest absolute Gasteiger partial charge is 0.261 e. The van der Waals surface area contributed by atoms with Gasteiger partial charge in [-0.25, -0.2) is 4.98 Å². The van der Waals surface area contributed by atoms with Gasteiger partial charge in [0.05, 0.1) is 15.9 Å². The minimum Gasteiger partial charge on any atom is -0.351 e. The number of imidazole rings is 1. The molecule has 1 aliphatic rings. The molecule has 1 fully saturated rings. The molecule has 23 heavy (non-hydrogen) atoms. The predicted octanol–water partition coefficient (Wildman–Crippen LogP) is 3.48. The van der Waals surface area contributed by atoms with Gasteiger partial charge in [-0.3, -0.25) is 4.79 Å². The quantitative estimate of drug-likeness (QED) is 0.780. The molecule has 0 atom stereocenters. The Kier molecular flexibility index (Phi) is 3.65. The lowest BCUT2D eigenvalue weighted by Crippen LogP contribution is -2.24. The van der Waals surface area contributed by atoms with E-state index in [2.05, 4.69) is 35.1 Å². The summed E-state index contributed by atoms with van der Waals surface area (Å²) >= 11 is 1.47. The molecule has 0 spiro atoms. The molecule has 4 nitrogen and oxygen atoms in total. The van der Waals surface area contributed by atoms with Gasteiger partial charge in [0.1, 0.15) is 5.82 Å². The van der Waals surface area contributed by atoms with E-state index >= 15 is 0 Å². The third kappa shape index (κ3) is 2.88. The zero-order valence-corrected chi connectivity index (χ0v) is 13.9. The first-order valence-corrected chi connectivity index (χ1v) is 8.87. The molecule has 4 rings (SSSR count). The first-order chi connectivity index (χ1) is 11.2. The number of nitrogens with one attached hydrogen (secondary N) is 1. The Morgan fingerprint density at radius 1 is 1.39 bits per heavy atom. The summed E-state index contributed by atoms with van der Waals surface area (Å²) < 4.78 is 2.22. The Balaban J connectivity index is 1.44. The number of aromatic nitrogens is 2. The van der Waals surface area contributed by atoms with Gasteiger partial charge in [-0.2, -0.15) is 0 Å². The zero-order valence-electron chi connectivity index (χ0n) is 13.1. The van der Waals surface area contributed by atoms with Crippen LogP contribution in [0, 0.1) is 0 Å². The van der Waals surface area contributed by atoms with Crippen molar-refractivity contribution in [1.29, 1.82) is 0 Å². The van der Waals surface area contributed by atoms with Crippen molar-refractivity contribution in [2.45, 2.75) is 25.2 Å². The zero-order chi connectivity index (χ0) is 15.8. The predicted molar refractivity (Wildman–Crippen MR) is 93.0 cm³/mol. The van der Waals surface area contributed by atoms with Crippen LogP contribution in [-0.4, -0.2) is 22.0 Å². The molecule has 3 aromatic rings. The molecule has 0 aliphatic heterocycles. The second-order valence-electron chi connectivity index (χ2n) is 6.11. The van der Waals surface area contributed by atoms with Crippen molar-refractivity contribution in [3.8, 4) is 0 Å². The highest BCUT2D eigenvalue weighted by Gasteiger charge is 2.28.